The van der Waals surface area contributed by atoms with Crippen LogP contribution in [0.5, 0.6) is 0 Å². The monoisotopic (exact) mass is 651 g/mol. The average Bonchev–Trinajstić information content (AvgIpc) is 3.08. The molecule has 16 heteroatoms. The normalized spacial score (nSPS) is 15.3. The van der Waals surface area contributed by atoms with E-state index in [1.54, 1.807) is 30.3 Å². The number of pyridine rings is 1. The van der Waals surface area contributed by atoms with Gasteiger partial charge in [0, 0.05) is 6.20 Å². The second-order valence-corrected chi connectivity index (χ2v) is 11.9. The quantitative estimate of drug-likeness (QED) is 0.364. The van der Waals surface area contributed by atoms with Gasteiger partial charge in [0.05, 0.1) is 38.9 Å². The standard InChI is InChI=1S/C17H20ClN3O3S.C7H4Cl2N2O3.ClH/c1-11(2)10-25(23,24)15-6-4-3-5-12(15)8-21-9-13(18)7-14(16(21)19)17(20)22;8-3-4(9)7(13)14-5(3)2(1-10)6(11)12;/h3-7,9,11,19H,8,10H2,1-2H3,(H2,20,22);2,5H,(H2,11,12);1H. The molecule has 0 aliphatic carbocycles. The molecule has 216 valence electrons. The van der Waals surface area contributed by atoms with E-state index in [1.807, 2.05) is 13.8 Å². The number of nitriles is 1. The number of carbonyl (C=O) groups is 3. The van der Waals surface area contributed by atoms with E-state index in [2.05, 4.69) is 4.74 Å². The number of nitrogens with two attached hydrogens (primary N) is 2. The number of esters is 1. The number of aromatic nitrogens is 1. The summed E-state index contributed by atoms with van der Waals surface area (Å²) in [6, 6.07) is 9.54. The number of halogens is 4. The van der Waals surface area contributed by atoms with E-state index in [1.165, 1.54) is 16.8 Å². The van der Waals surface area contributed by atoms with E-state index in [9.17, 15) is 22.8 Å². The van der Waals surface area contributed by atoms with Crippen LogP contribution in [0.1, 0.15) is 29.8 Å². The van der Waals surface area contributed by atoms with Gasteiger partial charge in [-0.15, -0.1) is 12.4 Å². The minimum Gasteiger partial charge on any atom is -0.450 e. The van der Waals surface area contributed by atoms with E-state index >= 15 is 0 Å². The van der Waals surface area contributed by atoms with Crippen LogP contribution in [0.4, 0.5) is 0 Å². The summed E-state index contributed by atoms with van der Waals surface area (Å²) in [6.07, 6.45) is 0.293. The van der Waals surface area contributed by atoms with Crippen LogP contribution < -0.4 is 17.0 Å². The van der Waals surface area contributed by atoms with Crippen molar-refractivity contribution in [3.63, 3.8) is 0 Å². The van der Waals surface area contributed by atoms with Crippen molar-refractivity contribution in [1.29, 1.82) is 10.7 Å². The highest BCUT2D eigenvalue weighted by atomic mass is 35.5. The van der Waals surface area contributed by atoms with Gasteiger partial charge in [-0.3, -0.25) is 15.0 Å². The fraction of sp³-hybridized carbons (Fsp3) is 0.292. The highest BCUT2D eigenvalue weighted by molar-refractivity contribution is 7.91. The molecule has 40 heavy (non-hydrogen) atoms. The van der Waals surface area contributed by atoms with Gasteiger partial charge >= 0.3 is 5.97 Å². The van der Waals surface area contributed by atoms with Crippen molar-refractivity contribution >= 4 is 74.8 Å². The molecule has 2 aromatic rings. The minimum atomic E-state index is -3.46. The first-order valence-electron chi connectivity index (χ1n) is 11.1. The van der Waals surface area contributed by atoms with Gasteiger partial charge in [0.15, 0.2) is 21.9 Å². The largest absolute Gasteiger partial charge is 0.450 e. The first-order chi connectivity index (χ1) is 18.1. The SMILES string of the molecule is CC(C)CS(=O)(=O)c1ccccc1Cn1cc(Cl)cc(C(N)=O)c1=N.Cl.N#CC(C(N)=O)C1OC(=O)C(Cl)=C1Cl. The predicted molar refractivity (Wildman–Crippen MR) is 150 cm³/mol. The lowest BCUT2D eigenvalue weighted by atomic mass is 10.0. The Balaban J connectivity index is 0.000000454. The maximum atomic E-state index is 12.6. The van der Waals surface area contributed by atoms with Crippen LogP contribution in [0.15, 0.2) is 51.5 Å². The molecule has 2 atom stereocenters. The van der Waals surface area contributed by atoms with Crippen molar-refractivity contribution in [3.8, 4) is 6.07 Å². The smallest absolute Gasteiger partial charge is 0.351 e. The van der Waals surface area contributed by atoms with E-state index < -0.39 is 39.6 Å². The van der Waals surface area contributed by atoms with Gasteiger partial charge in [-0.2, -0.15) is 5.26 Å². The maximum absolute atomic E-state index is 12.6. The second kappa shape index (κ2) is 14.5. The number of rotatable bonds is 8. The van der Waals surface area contributed by atoms with E-state index in [-0.39, 0.29) is 61.7 Å². The number of nitrogens with zero attached hydrogens (tertiary/aromatic N) is 2. The summed E-state index contributed by atoms with van der Waals surface area (Å²) >= 11 is 17.0. The molecule has 1 aromatic carbocycles. The van der Waals surface area contributed by atoms with Crippen LogP contribution in [0.25, 0.3) is 0 Å². The lowest BCUT2D eigenvalue weighted by Crippen LogP contribution is -2.33. The van der Waals surface area contributed by atoms with Gasteiger partial charge in [-0.1, -0.05) is 66.8 Å². The number of sulfone groups is 1. The molecule has 0 saturated heterocycles. The first kappa shape index (κ1) is 34.9. The zero-order valence-electron chi connectivity index (χ0n) is 21.1. The van der Waals surface area contributed by atoms with Crippen LogP contribution in [-0.2, 0) is 30.7 Å². The van der Waals surface area contributed by atoms with Crippen LogP contribution in [-0.4, -0.2) is 42.6 Å². The number of primary amides is 2. The molecule has 0 spiro atoms. The van der Waals surface area contributed by atoms with Crippen molar-refractivity contribution in [2.75, 3.05) is 5.75 Å². The molecule has 2 amide bonds. The molecule has 1 aliphatic heterocycles. The van der Waals surface area contributed by atoms with Crippen molar-refractivity contribution in [2.45, 2.75) is 31.4 Å². The Kier molecular flexibility index (Phi) is 12.7. The van der Waals surface area contributed by atoms with Gasteiger partial charge in [0.25, 0.3) is 5.91 Å². The second-order valence-electron chi connectivity index (χ2n) is 8.69. The Morgan fingerprint density at radius 1 is 1.20 bits per heavy atom. The zero-order chi connectivity index (χ0) is 29.7. The molecule has 11 nitrogen and oxygen atoms in total. The molecular formula is C24H25Cl4N5O6S. The minimum absolute atomic E-state index is 0. The van der Waals surface area contributed by atoms with Crippen LogP contribution in [0.3, 0.4) is 0 Å². The average molecular weight is 653 g/mol. The number of carbonyl (C=O) groups excluding carboxylic acids is 3. The van der Waals surface area contributed by atoms with Gasteiger partial charge < -0.3 is 20.8 Å². The summed E-state index contributed by atoms with van der Waals surface area (Å²) in [5.74, 6) is -3.84. The molecule has 1 aliphatic rings. The third-order valence-corrected chi connectivity index (χ3v) is 8.43. The van der Waals surface area contributed by atoms with Crippen molar-refractivity contribution in [2.24, 2.45) is 23.3 Å². The van der Waals surface area contributed by atoms with Crippen molar-refractivity contribution in [3.05, 3.63) is 68.2 Å². The van der Waals surface area contributed by atoms with E-state index in [4.69, 9.17) is 56.9 Å². The van der Waals surface area contributed by atoms with Crippen LogP contribution >= 0.6 is 47.2 Å². The van der Waals surface area contributed by atoms with Crippen molar-refractivity contribution in [1.82, 2.24) is 4.57 Å². The zero-order valence-corrected chi connectivity index (χ0v) is 25.0. The molecule has 0 bridgehead atoms. The Hall–Kier alpha value is -3.08. The molecule has 0 saturated carbocycles. The number of benzene rings is 1. The molecular weight excluding hydrogens is 628 g/mol. The number of amides is 2. The van der Waals surface area contributed by atoms with E-state index in [0.29, 0.717) is 5.56 Å². The van der Waals surface area contributed by atoms with Crippen LogP contribution in [0.2, 0.25) is 5.02 Å². The molecule has 0 fully saturated rings. The number of hydrogen-bond acceptors (Lipinski definition) is 8. The van der Waals surface area contributed by atoms with Gasteiger partial charge in [-0.05, 0) is 23.6 Å². The maximum Gasteiger partial charge on any atom is 0.351 e. The lowest BCUT2D eigenvalue weighted by Gasteiger charge is -2.15. The summed E-state index contributed by atoms with van der Waals surface area (Å²) in [5.41, 5.74) is 10.6. The topological polar surface area (TPSA) is 199 Å². The summed E-state index contributed by atoms with van der Waals surface area (Å²) in [7, 11) is -3.46. The third-order valence-electron chi connectivity index (χ3n) is 5.19. The van der Waals surface area contributed by atoms with Gasteiger partial charge in [-0.25, -0.2) is 13.2 Å². The molecule has 3 rings (SSSR count). The Labute approximate surface area is 251 Å². The van der Waals surface area contributed by atoms with Crippen LogP contribution in [0, 0.1) is 28.6 Å². The van der Waals surface area contributed by atoms with E-state index in [0.717, 1.165) is 0 Å². The fourth-order valence-corrected chi connectivity index (χ4v) is 6.01. The summed E-state index contributed by atoms with van der Waals surface area (Å²) in [5, 5.41) is 16.5. The Bertz CT molecular complexity index is 1550. The highest BCUT2D eigenvalue weighted by Crippen LogP contribution is 2.32. The number of ether oxygens (including phenoxy) is 1. The third kappa shape index (κ3) is 8.46. The summed E-state index contributed by atoms with van der Waals surface area (Å²) < 4.78 is 31.3. The van der Waals surface area contributed by atoms with Gasteiger partial charge in [0.1, 0.15) is 10.5 Å². The summed E-state index contributed by atoms with van der Waals surface area (Å²) in [6.45, 7) is 3.77. The first-order valence-corrected chi connectivity index (χ1v) is 13.9. The van der Waals surface area contributed by atoms with Crippen molar-refractivity contribution < 1.29 is 27.5 Å². The number of hydrogen-bond donors (Lipinski definition) is 3. The molecule has 2 unspecified atom stereocenters. The number of cyclic esters (lactones) is 1. The summed E-state index contributed by atoms with van der Waals surface area (Å²) in [4.78, 5) is 33.3. The predicted octanol–water partition coefficient (Wildman–Crippen LogP) is 2.85. The molecule has 1 aromatic heterocycles. The number of nitrogens with one attached hydrogen (secondary N) is 1. The Morgan fingerprint density at radius 3 is 2.27 bits per heavy atom. The lowest BCUT2D eigenvalue weighted by molar-refractivity contribution is -0.141. The molecule has 2 heterocycles. The Morgan fingerprint density at radius 2 is 1.80 bits per heavy atom. The highest BCUT2D eigenvalue weighted by Gasteiger charge is 2.40. The molecule has 0 radical (unpaired) electrons. The molecule has 5 N–H and O–H groups in total. The fourth-order valence-electron chi connectivity index (χ4n) is 3.51. The van der Waals surface area contributed by atoms with Gasteiger partial charge in [0.2, 0.25) is 5.91 Å².